The smallest absolute Gasteiger partial charge is 0.0496 e. The normalized spacial score (nSPS) is 11.5. The Bertz CT molecular complexity index is 462. The molecule has 80 valence electrons. The van der Waals surface area contributed by atoms with Gasteiger partial charge in [0.05, 0.1) is 0 Å². The van der Waals surface area contributed by atoms with Crippen molar-refractivity contribution < 1.29 is 0 Å². The number of nitrogens with one attached hydrogen (secondary N) is 1. The van der Waals surface area contributed by atoms with Crippen LogP contribution in [0.1, 0.15) is 19.4 Å². The molecule has 1 aromatic heterocycles. The first kappa shape index (κ1) is 10.9. The van der Waals surface area contributed by atoms with Crippen molar-refractivity contribution in [2.24, 2.45) is 0 Å². The molecule has 0 saturated heterocycles. The highest BCUT2D eigenvalue weighted by Crippen LogP contribution is 2.31. The van der Waals surface area contributed by atoms with E-state index < -0.39 is 0 Å². The van der Waals surface area contributed by atoms with Crippen LogP contribution in [0.5, 0.6) is 0 Å². The van der Waals surface area contributed by atoms with Gasteiger partial charge >= 0.3 is 0 Å². The van der Waals surface area contributed by atoms with Gasteiger partial charge in [-0.25, -0.2) is 0 Å². The molecule has 1 heterocycles. The van der Waals surface area contributed by atoms with Gasteiger partial charge in [-0.15, -0.1) is 11.3 Å². The second kappa shape index (κ2) is 4.52. The van der Waals surface area contributed by atoms with E-state index in [1.165, 1.54) is 15.6 Å². The molecule has 1 nitrogen and oxygen atoms in total. The van der Waals surface area contributed by atoms with E-state index in [1.807, 2.05) is 12.1 Å². The number of rotatable bonds is 3. The van der Waals surface area contributed by atoms with E-state index in [0.29, 0.717) is 6.04 Å². The minimum atomic E-state index is 0.502. The fourth-order valence-corrected chi connectivity index (χ4v) is 2.89. The lowest BCUT2D eigenvalue weighted by atomic mass is 10.1. The lowest BCUT2D eigenvalue weighted by Crippen LogP contribution is -2.21. The number of halogens is 1. The second-order valence-corrected chi connectivity index (χ2v) is 5.23. The van der Waals surface area contributed by atoms with E-state index >= 15 is 0 Å². The van der Waals surface area contributed by atoms with E-state index in [2.05, 4.69) is 30.6 Å². The summed E-state index contributed by atoms with van der Waals surface area (Å²) in [6.45, 7) is 5.19. The van der Waals surface area contributed by atoms with Crippen molar-refractivity contribution in [1.82, 2.24) is 5.32 Å². The molecule has 1 N–H and O–H groups in total. The number of thiophene rings is 1. The highest BCUT2D eigenvalue weighted by Gasteiger charge is 2.07. The fourth-order valence-electron chi connectivity index (χ4n) is 1.55. The molecule has 0 aliphatic rings. The summed E-state index contributed by atoms with van der Waals surface area (Å²) in [5.41, 5.74) is 1.30. The summed E-state index contributed by atoms with van der Waals surface area (Å²) in [7, 11) is 0. The van der Waals surface area contributed by atoms with Gasteiger partial charge in [-0.1, -0.05) is 31.5 Å². The minimum Gasteiger partial charge on any atom is -0.310 e. The molecule has 2 aromatic rings. The van der Waals surface area contributed by atoms with Crippen LogP contribution in [0.15, 0.2) is 23.6 Å². The monoisotopic (exact) mass is 239 g/mol. The zero-order chi connectivity index (χ0) is 10.8. The van der Waals surface area contributed by atoms with Gasteiger partial charge in [0, 0.05) is 27.7 Å². The first-order valence-electron chi connectivity index (χ1n) is 5.06. The fraction of sp³-hybridized carbons (Fsp3) is 0.333. The van der Waals surface area contributed by atoms with Crippen LogP contribution in [0.4, 0.5) is 0 Å². The maximum Gasteiger partial charge on any atom is 0.0496 e. The van der Waals surface area contributed by atoms with Gasteiger partial charge in [-0.05, 0) is 23.1 Å². The third-order valence-corrected chi connectivity index (χ3v) is 3.64. The number of fused-ring (bicyclic) bond motifs is 1. The summed E-state index contributed by atoms with van der Waals surface area (Å²) in [6.07, 6.45) is 0. The van der Waals surface area contributed by atoms with Crippen molar-refractivity contribution in [2.45, 2.75) is 26.4 Å². The van der Waals surface area contributed by atoms with Crippen molar-refractivity contribution in [3.8, 4) is 0 Å². The van der Waals surface area contributed by atoms with Crippen molar-refractivity contribution in [2.75, 3.05) is 0 Å². The van der Waals surface area contributed by atoms with E-state index in [1.54, 1.807) is 11.3 Å². The lowest BCUT2D eigenvalue weighted by Gasteiger charge is -2.07. The molecule has 3 heteroatoms. The van der Waals surface area contributed by atoms with Crippen LogP contribution in [0.25, 0.3) is 10.1 Å². The topological polar surface area (TPSA) is 12.0 Å². The van der Waals surface area contributed by atoms with Gasteiger partial charge in [-0.3, -0.25) is 0 Å². The third-order valence-electron chi connectivity index (χ3n) is 2.33. The standard InChI is InChI=1S/C12H14ClNS/c1-8(2)14-6-9-7-15-11-5-3-4-10(13)12(9)11/h3-5,7-8,14H,6H2,1-2H3. The Morgan fingerprint density at radius 3 is 2.93 bits per heavy atom. The predicted octanol–water partition coefficient (Wildman–Crippen LogP) is 4.05. The van der Waals surface area contributed by atoms with Crippen molar-refractivity contribution >= 4 is 33.0 Å². The molecule has 0 spiro atoms. The first-order valence-corrected chi connectivity index (χ1v) is 6.32. The molecule has 0 saturated carbocycles. The van der Waals surface area contributed by atoms with Crippen LogP contribution in [-0.4, -0.2) is 6.04 Å². The van der Waals surface area contributed by atoms with E-state index in [0.717, 1.165) is 11.6 Å². The zero-order valence-corrected chi connectivity index (χ0v) is 10.5. The summed E-state index contributed by atoms with van der Waals surface area (Å²) >= 11 is 7.95. The van der Waals surface area contributed by atoms with Gasteiger partial charge in [-0.2, -0.15) is 0 Å². The molecule has 0 fully saturated rings. The summed E-state index contributed by atoms with van der Waals surface area (Å²) in [5.74, 6) is 0. The van der Waals surface area contributed by atoms with E-state index in [9.17, 15) is 0 Å². The summed E-state index contributed by atoms with van der Waals surface area (Å²) in [6, 6.07) is 6.57. The highest BCUT2D eigenvalue weighted by atomic mass is 35.5. The lowest BCUT2D eigenvalue weighted by molar-refractivity contribution is 0.591. The molecule has 0 amide bonds. The first-order chi connectivity index (χ1) is 7.18. The average molecular weight is 240 g/mol. The average Bonchev–Trinajstić information content (AvgIpc) is 2.59. The zero-order valence-electron chi connectivity index (χ0n) is 8.88. The third kappa shape index (κ3) is 2.33. The Labute approximate surface area is 99.1 Å². The van der Waals surface area contributed by atoms with Gasteiger partial charge in [0.2, 0.25) is 0 Å². The quantitative estimate of drug-likeness (QED) is 0.852. The molecule has 0 aliphatic heterocycles. The molecular formula is C12H14ClNS. The van der Waals surface area contributed by atoms with E-state index in [4.69, 9.17) is 11.6 Å². The largest absolute Gasteiger partial charge is 0.310 e. The Morgan fingerprint density at radius 2 is 2.20 bits per heavy atom. The van der Waals surface area contributed by atoms with Crippen LogP contribution in [0.3, 0.4) is 0 Å². The molecule has 0 bridgehead atoms. The Morgan fingerprint density at radius 1 is 1.40 bits per heavy atom. The minimum absolute atomic E-state index is 0.502. The maximum atomic E-state index is 6.20. The molecule has 0 atom stereocenters. The van der Waals surface area contributed by atoms with Crippen molar-refractivity contribution in [1.29, 1.82) is 0 Å². The predicted molar refractivity (Wildman–Crippen MR) is 68.8 cm³/mol. The molecule has 0 unspecified atom stereocenters. The van der Waals surface area contributed by atoms with Crippen LogP contribution in [0, 0.1) is 0 Å². The summed E-state index contributed by atoms with van der Waals surface area (Å²) in [5, 5.41) is 7.66. The maximum absolute atomic E-state index is 6.20. The Kier molecular flexibility index (Phi) is 3.29. The molecule has 1 aromatic carbocycles. The number of benzene rings is 1. The Balaban J connectivity index is 2.35. The van der Waals surface area contributed by atoms with Gasteiger partial charge in [0.25, 0.3) is 0 Å². The van der Waals surface area contributed by atoms with Crippen molar-refractivity contribution in [3.63, 3.8) is 0 Å². The van der Waals surface area contributed by atoms with Gasteiger partial charge in [0.15, 0.2) is 0 Å². The SMILES string of the molecule is CC(C)NCc1csc2cccc(Cl)c12. The Hall–Kier alpha value is -0.570. The van der Waals surface area contributed by atoms with Gasteiger partial charge < -0.3 is 5.32 Å². The van der Waals surface area contributed by atoms with Crippen LogP contribution in [0.2, 0.25) is 5.02 Å². The second-order valence-electron chi connectivity index (χ2n) is 3.91. The van der Waals surface area contributed by atoms with Crippen LogP contribution >= 0.6 is 22.9 Å². The summed E-state index contributed by atoms with van der Waals surface area (Å²) in [4.78, 5) is 0. The van der Waals surface area contributed by atoms with Crippen molar-refractivity contribution in [3.05, 3.63) is 34.2 Å². The van der Waals surface area contributed by atoms with Crippen LogP contribution in [-0.2, 0) is 6.54 Å². The number of hydrogen-bond donors (Lipinski definition) is 1. The molecule has 15 heavy (non-hydrogen) atoms. The molecular weight excluding hydrogens is 226 g/mol. The highest BCUT2D eigenvalue weighted by molar-refractivity contribution is 7.17. The van der Waals surface area contributed by atoms with Gasteiger partial charge in [0.1, 0.15) is 0 Å². The number of hydrogen-bond acceptors (Lipinski definition) is 2. The van der Waals surface area contributed by atoms with Crippen LogP contribution < -0.4 is 5.32 Å². The van der Waals surface area contributed by atoms with E-state index in [-0.39, 0.29) is 0 Å². The molecule has 0 aliphatic carbocycles. The summed E-state index contributed by atoms with van der Waals surface area (Å²) < 4.78 is 1.27. The molecule has 0 radical (unpaired) electrons. The molecule has 2 rings (SSSR count).